The Morgan fingerprint density at radius 2 is 1.77 bits per heavy atom. The lowest BCUT2D eigenvalue weighted by Crippen LogP contribution is -2.41. The smallest absolute Gasteiger partial charge is 0.274 e. The van der Waals surface area contributed by atoms with E-state index < -0.39 is 17.4 Å². The molecule has 0 spiro atoms. The maximum absolute atomic E-state index is 13.2. The standard InChI is InChI=1S/C22H14Cl2N4O2S/c23-14-7-3-1-5-11(14)9-16-21(30)28-19(26)13(10-25)17(12-6-2-4-8-15(12)24)18(20(27)29)22(28)31-16/h1-9,17H,26H2,(H2,27,29)/b16-9-/t17-/m1/s1. The first-order chi connectivity index (χ1) is 14.8. The molecule has 3 aromatic rings. The quantitative estimate of drug-likeness (QED) is 0.612. The van der Waals surface area contributed by atoms with Crippen LogP contribution in [0.3, 0.4) is 0 Å². The van der Waals surface area contributed by atoms with E-state index in [9.17, 15) is 14.9 Å². The monoisotopic (exact) mass is 468 g/mol. The number of rotatable bonds is 3. The topological polar surface area (TPSA) is 115 Å². The van der Waals surface area contributed by atoms with E-state index in [1.165, 1.54) is 0 Å². The van der Waals surface area contributed by atoms with Crippen molar-refractivity contribution in [2.45, 2.75) is 5.92 Å². The van der Waals surface area contributed by atoms with E-state index in [0.717, 1.165) is 15.9 Å². The molecule has 2 aromatic carbocycles. The number of carbonyl (C=O) groups is 1. The van der Waals surface area contributed by atoms with Crippen LogP contribution in [0.25, 0.3) is 17.5 Å². The second kappa shape index (κ2) is 8.08. The summed E-state index contributed by atoms with van der Waals surface area (Å²) in [5, 5.41) is 10.7. The average molecular weight is 469 g/mol. The highest BCUT2D eigenvalue weighted by Gasteiger charge is 2.35. The maximum Gasteiger partial charge on any atom is 0.274 e. The van der Waals surface area contributed by atoms with E-state index >= 15 is 0 Å². The lowest BCUT2D eigenvalue weighted by Gasteiger charge is -2.24. The molecule has 1 atom stereocenters. The summed E-state index contributed by atoms with van der Waals surface area (Å²) in [4.78, 5) is 25.7. The van der Waals surface area contributed by atoms with Gasteiger partial charge in [0.05, 0.1) is 27.7 Å². The molecular weight excluding hydrogens is 455 g/mol. The molecular formula is C22H14Cl2N4O2S. The summed E-state index contributed by atoms with van der Waals surface area (Å²) in [7, 11) is 0. The van der Waals surface area contributed by atoms with Gasteiger partial charge in [-0.05, 0) is 29.3 Å². The highest BCUT2D eigenvalue weighted by molar-refractivity contribution is 7.07. The first-order valence-electron chi connectivity index (χ1n) is 9.01. The minimum atomic E-state index is -0.887. The van der Waals surface area contributed by atoms with Crippen molar-refractivity contribution in [1.29, 1.82) is 5.26 Å². The molecule has 31 heavy (non-hydrogen) atoms. The lowest BCUT2D eigenvalue weighted by atomic mass is 9.83. The van der Waals surface area contributed by atoms with Crippen molar-refractivity contribution in [2.24, 2.45) is 11.5 Å². The Bertz CT molecular complexity index is 1490. The second-order valence-electron chi connectivity index (χ2n) is 6.72. The number of primary amides is 1. The molecule has 0 aliphatic carbocycles. The van der Waals surface area contributed by atoms with Crippen LogP contribution in [0.5, 0.6) is 0 Å². The Labute approximate surface area is 190 Å². The summed E-state index contributed by atoms with van der Waals surface area (Å²) in [6, 6.07) is 15.9. The number of fused-ring (bicyclic) bond motifs is 1. The van der Waals surface area contributed by atoms with Gasteiger partial charge in [-0.15, -0.1) is 11.3 Å². The van der Waals surface area contributed by atoms with Crippen molar-refractivity contribution < 1.29 is 4.79 Å². The largest absolute Gasteiger partial charge is 0.384 e. The molecule has 1 aliphatic rings. The number of nitrogens with zero attached hydrogens (tertiary/aromatic N) is 2. The third-order valence-corrected chi connectivity index (χ3v) is 6.74. The van der Waals surface area contributed by atoms with E-state index in [4.69, 9.17) is 34.7 Å². The molecule has 2 heterocycles. The third-order valence-electron chi connectivity index (χ3n) is 4.94. The molecule has 0 fully saturated rings. The second-order valence-corrected chi connectivity index (χ2v) is 8.57. The van der Waals surface area contributed by atoms with Gasteiger partial charge in [-0.3, -0.25) is 14.2 Å². The highest BCUT2D eigenvalue weighted by Crippen LogP contribution is 2.38. The SMILES string of the molecule is N#CC1=C(N)n2c(s/c(=C\c3ccccc3Cl)c2=O)=C(C(N)=O)[C@@H]1c1ccccc1Cl. The van der Waals surface area contributed by atoms with Crippen LogP contribution in [0.4, 0.5) is 0 Å². The maximum atomic E-state index is 13.2. The van der Waals surface area contributed by atoms with Crippen molar-refractivity contribution in [1.82, 2.24) is 4.57 Å². The first kappa shape index (κ1) is 20.9. The van der Waals surface area contributed by atoms with Crippen LogP contribution in [0.2, 0.25) is 10.0 Å². The Kier molecular flexibility index (Phi) is 5.46. The molecule has 9 heteroatoms. The van der Waals surface area contributed by atoms with Crippen LogP contribution in [0.1, 0.15) is 17.0 Å². The van der Waals surface area contributed by atoms with Gasteiger partial charge in [-0.2, -0.15) is 5.26 Å². The number of allylic oxidation sites excluding steroid dienone is 1. The number of carbonyl (C=O) groups excluding carboxylic acids is 1. The van der Waals surface area contributed by atoms with Gasteiger partial charge in [-0.25, -0.2) is 0 Å². The number of benzene rings is 2. The molecule has 1 amide bonds. The van der Waals surface area contributed by atoms with Crippen molar-refractivity contribution in [3.05, 3.63) is 94.8 Å². The summed E-state index contributed by atoms with van der Waals surface area (Å²) >= 11 is 13.6. The van der Waals surface area contributed by atoms with Crippen molar-refractivity contribution in [2.75, 3.05) is 0 Å². The molecule has 0 radical (unpaired) electrons. The zero-order valence-electron chi connectivity index (χ0n) is 15.8. The fraction of sp³-hybridized carbons (Fsp3) is 0.0455. The summed E-state index contributed by atoms with van der Waals surface area (Å²) in [5.41, 5.74) is 12.8. The van der Waals surface area contributed by atoms with Gasteiger partial charge in [0.2, 0.25) is 5.91 Å². The van der Waals surface area contributed by atoms with Crippen LogP contribution in [-0.4, -0.2) is 10.5 Å². The number of amides is 1. The minimum Gasteiger partial charge on any atom is -0.384 e. The Balaban J connectivity index is 2.13. The molecule has 4 rings (SSSR count). The number of nitrogens with two attached hydrogens (primary N) is 2. The van der Waals surface area contributed by atoms with Crippen LogP contribution in [-0.2, 0) is 4.79 Å². The number of halogens is 2. The fourth-order valence-electron chi connectivity index (χ4n) is 3.54. The Hall–Kier alpha value is -3.31. The summed E-state index contributed by atoms with van der Waals surface area (Å²) in [6.45, 7) is 0. The molecule has 4 N–H and O–H groups in total. The number of aromatic nitrogens is 1. The fourth-order valence-corrected chi connectivity index (χ4v) is 5.15. The van der Waals surface area contributed by atoms with Crippen molar-refractivity contribution in [3.63, 3.8) is 0 Å². The normalized spacial score (nSPS) is 16.2. The van der Waals surface area contributed by atoms with Crippen molar-refractivity contribution >= 4 is 57.9 Å². The molecule has 0 bridgehead atoms. The van der Waals surface area contributed by atoms with E-state index in [1.807, 2.05) is 6.07 Å². The number of hydrogen-bond donors (Lipinski definition) is 2. The molecule has 154 valence electrons. The molecule has 0 saturated carbocycles. The van der Waals surface area contributed by atoms with Crippen LogP contribution in [0, 0.1) is 11.3 Å². The Morgan fingerprint density at radius 3 is 2.39 bits per heavy atom. The zero-order valence-corrected chi connectivity index (χ0v) is 18.1. The number of hydrogen-bond acceptors (Lipinski definition) is 5. The van der Waals surface area contributed by atoms with E-state index in [1.54, 1.807) is 54.6 Å². The number of thiazole rings is 1. The summed E-state index contributed by atoms with van der Waals surface area (Å²) in [5.74, 6) is -1.72. The zero-order chi connectivity index (χ0) is 22.3. The third kappa shape index (κ3) is 3.45. The van der Waals surface area contributed by atoms with Crippen LogP contribution in [0.15, 0.2) is 58.9 Å². The van der Waals surface area contributed by atoms with E-state index in [0.29, 0.717) is 25.7 Å². The molecule has 6 nitrogen and oxygen atoms in total. The molecule has 1 aliphatic heterocycles. The van der Waals surface area contributed by atoms with Crippen LogP contribution < -0.4 is 26.2 Å². The first-order valence-corrected chi connectivity index (χ1v) is 10.6. The van der Waals surface area contributed by atoms with Gasteiger partial charge in [0.25, 0.3) is 5.56 Å². The predicted octanol–water partition coefficient (Wildman–Crippen LogP) is 2.13. The summed E-state index contributed by atoms with van der Waals surface area (Å²) in [6.07, 6.45) is 1.61. The lowest BCUT2D eigenvalue weighted by molar-refractivity contribution is -0.113. The Morgan fingerprint density at radius 1 is 1.13 bits per heavy atom. The van der Waals surface area contributed by atoms with Gasteiger partial charge in [0.1, 0.15) is 10.5 Å². The van der Waals surface area contributed by atoms with Gasteiger partial charge < -0.3 is 11.5 Å². The van der Waals surface area contributed by atoms with Gasteiger partial charge >= 0.3 is 0 Å². The van der Waals surface area contributed by atoms with Crippen LogP contribution >= 0.6 is 34.5 Å². The minimum absolute atomic E-state index is 0.0265. The van der Waals surface area contributed by atoms with E-state index in [2.05, 4.69) is 0 Å². The average Bonchev–Trinajstić information content (AvgIpc) is 3.05. The molecule has 0 saturated heterocycles. The summed E-state index contributed by atoms with van der Waals surface area (Å²) < 4.78 is 1.71. The van der Waals surface area contributed by atoms with Gasteiger partial charge in [0, 0.05) is 10.0 Å². The van der Waals surface area contributed by atoms with Crippen molar-refractivity contribution in [3.8, 4) is 6.07 Å². The van der Waals surface area contributed by atoms with E-state index in [-0.39, 0.29) is 21.6 Å². The van der Waals surface area contributed by atoms with Gasteiger partial charge in [0.15, 0.2) is 0 Å². The molecule has 0 unspecified atom stereocenters. The highest BCUT2D eigenvalue weighted by atomic mass is 35.5. The number of nitriles is 1. The predicted molar refractivity (Wildman–Crippen MR) is 123 cm³/mol. The van der Waals surface area contributed by atoms with Gasteiger partial charge in [-0.1, -0.05) is 59.6 Å². The molecule has 1 aromatic heterocycles.